The van der Waals surface area contributed by atoms with Crippen LogP contribution in [0.25, 0.3) is 0 Å². The number of hydrogen-bond donors (Lipinski definition) is 3. The number of ether oxygens (including phenoxy) is 4. The summed E-state index contributed by atoms with van der Waals surface area (Å²) in [6.45, 7) is 18.0. The maximum atomic E-state index is 13.4. The molecule has 0 saturated heterocycles. The summed E-state index contributed by atoms with van der Waals surface area (Å²) in [5.41, 5.74) is 5.04. The van der Waals surface area contributed by atoms with Crippen LogP contribution in [0.4, 0.5) is 4.79 Å². The minimum atomic E-state index is -1.01. The van der Waals surface area contributed by atoms with Crippen molar-refractivity contribution >= 4 is 17.8 Å². The first kappa shape index (κ1) is 41.2. The van der Waals surface area contributed by atoms with E-state index in [1.807, 2.05) is 32.0 Å². The Morgan fingerprint density at radius 1 is 0.935 bits per heavy atom. The first-order chi connectivity index (χ1) is 21.3. The van der Waals surface area contributed by atoms with Gasteiger partial charge in [-0.1, -0.05) is 47.6 Å². The molecular formula is C36H62N2O8. The van der Waals surface area contributed by atoms with E-state index in [1.165, 1.54) is 0 Å². The van der Waals surface area contributed by atoms with E-state index >= 15 is 0 Å². The highest BCUT2D eigenvalue weighted by molar-refractivity contribution is 5.84. The van der Waals surface area contributed by atoms with Crippen molar-refractivity contribution in [2.45, 2.75) is 119 Å². The van der Waals surface area contributed by atoms with E-state index in [0.717, 1.165) is 12.0 Å². The molecule has 0 bridgehead atoms. The molecule has 4 atom stereocenters. The Labute approximate surface area is 277 Å². The highest BCUT2D eigenvalue weighted by atomic mass is 16.6. The van der Waals surface area contributed by atoms with Crippen LogP contribution < -0.4 is 20.5 Å². The summed E-state index contributed by atoms with van der Waals surface area (Å²) >= 11 is 0. The number of aliphatic hydroxyl groups is 1. The van der Waals surface area contributed by atoms with Crippen molar-refractivity contribution in [1.29, 1.82) is 0 Å². The Morgan fingerprint density at radius 3 is 2.11 bits per heavy atom. The topological polar surface area (TPSA) is 146 Å². The number of rotatable bonds is 21. The smallest absolute Gasteiger partial charge is 0.407 e. The average molecular weight is 651 g/mol. The molecule has 0 spiro atoms. The van der Waals surface area contributed by atoms with Crippen LogP contribution in [0.1, 0.15) is 100.0 Å². The SMILES string of the molecule is COCCCOc1cc(C[C@@H](C[C@H](NC(=O)OC(C)(C)C)[C@@H](O)C[C@H](C(=O)CCC(C)(C)C(N)=O)C(C)C)C(C)C)ccc1OC. The van der Waals surface area contributed by atoms with Gasteiger partial charge in [-0.2, -0.15) is 0 Å². The van der Waals surface area contributed by atoms with Gasteiger partial charge in [0.25, 0.3) is 0 Å². The summed E-state index contributed by atoms with van der Waals surface area (Å²) in [5.74, 6) is 0.573. The van der Waals surface area contributed by atoms with E-state index in [-0.39, 0.29) is 36.4 Å². The van der Waals surface area contributed by atoms with Gasteiger partial charge in [-0.25, -0.2) is 4.79 Å². The molecule has 46 heavy (non-hydrogen) atoms. The molecule has 0 heterocycles. The van der Waals surface area contributed by atoms with Gasteiger partial charge in [0.1, 0.15) is 11.4 Å². The van der Waals surface area contributed by atoms with Gasteiger partial charge in [0.05, 0.1) is 25.9 Å². The summed E-state index contributed by atoms with van der Waals surface area (Å²) < 4.78 is 22.2. The number of Topliss-reactive ketones (excluding diaryl/α,β-unsaturated/α-hetero) is 1. The lowest BCUT2D eigenvalue weighted by Gasteiger charge is -2.33. The molecule has 0 unspecified atom stereocenters. The zero-order valence-electron chi connectivity index (χ0n) is 30.2. The Bertz CT molecular complexity index is 1100. The Hall–Kier alpha value is -2.85. The van der Waals surface area contributed by atoms with Gasteiger partial charge in [-0.05, 0) is 81.9 Å². The van der Waals surface area contributed by atoms with Crippen molar-refractivity contribution in [2.24, 2.45) is 34.8 Å². The lowest BCUT2D eigenvalue weighted by Crippen LogP contribution is -2.48. The summed E-state index contributed by atoms with van der Waals surface area (Å²) in [7, 11) is 3.26. The molecule has 264 valence electrons. The normalized spacial score (nSPS) is 14.8. The van der Waals surface area contributed by atoms with Crippen molar-refractivity contribution in [3.8, 4) is 11.5 Å². The number of nitrogens with two attached hydrogens (primary N) is 1. The number of amides is 2. The first-order valence-electron chi connectivity index (χ1n) is 16.6. The highest BCUT2D eigenvalue weighted by Crippen LogP contribution is 2.33. The maximum absolute atomic E-state index is 13.4. The third-order valence-corrected chi connectivity index (χ3v) is 8.52. The van der Waals surface area contributed by atoms with Gasteiger partial charge in [-0.3, -0.25) is 9.59 Å². The summed E-state index contributed by atoms with van der Waals surface area (Å²) in [4.78, 5) is 38.2. The zero-order chi connectivity index (χ0) is 35.2. The Balaban J connectivity index is 3.26. The van der Waals surface area contributed by atoms with Crippen LogP contribution in [0.15, 0.2) is 18.2 Å². The fraction of sp³-hybridized carbons (Fsp3) is 0.750. The summed E-state index contributed by atoms with van der Waals surface area (Å²) in [6.07, 6.45) is 0.924. The Kier molecular flexibility index (Phi) is 17.1. The Morgan fingerprint density at radius 2 is 1.59 bits per heavy atom. The maximum Gasteiger partial charge on any atom is 0.407 e. The zero-order valence-corrected chi connectivity index (χ0v) is 30.2. The van der Waals surface area contributed by atoms with E-state index < -0.39 is 41.1 Å². The molecule has 0 saturated carbocycles. The second-order valence-corrected chi connectivity index (χ2v) is 14.7. The van der Waals surface area contributed by atoms with Crippen LogP contribution in [0.5, 0.6) is 11.5 Å². The molecule has 0 aliphatic heterocycles. The van der Waals surface area contributed by atoms with E-state index in [4.69, 9.17) is 24.7 Å². The molecule has 10 nitrogen and oxygen atoms in total. The molecule has 1 rings (SSSR count). The fourth-order valence-electron chi connectivity index (χ4n) is 5.28. The number of benzene rings is 1. The molecule has 0 aromatic heterocycles. The molecule has 0 aliphatic carbocycles. The molecular weight excluding hydrogens is 588 g/mol. The number of nitrogens with one attached hydrogen (secondary N) is 1. The molecule has 0 aliphatic rings. The van der Waals surface area contributed by atoms with Gasteiger partial charge in [0.15, 0.2) is 11.5 Å². The number of carbonyl (C=O) groups excluding carboxylic acids is 3. The molecule has 0 radical (unpaired) electrons. The van der Waals surface area contributed by atoms with Gasteiger partial charge in [0, 0.05) is 37.9 Å². The third-order valence-electron chi connectivity index (χ3n) is 8.52. The fourth-order valence-corrected chi connectivity index (χ4v) is 5.28. The highest BCUT2D eigenvalue weighted by Gasteiger charge is 2.34. The predicted molar refractivity (Wildman–Crippen MR) is 181 cm³/mol. The molecule has 4 N–H and O–H groups in total. The largest absolute Gasteiger partial charge is 0.493 e. The van der Waals surface area contributed by atoms with Crippen molar-refractivity contribution < 1.29 is 38.4 Å². The lowest BCUT2D eigenvalue weighted by molar-refractivity contribution is -0.129. The monoisotopic (exact) mass is 650 g/mol. The number of hydrogen-bond acceptors (Lipinski definition) is 8. The van der Waals surface area contributed by atoms with E-state index in [2.05, 4.69) is 19.2 Å². The molecule has 1 aromatic carbocycles. The summed E-state index contributed by atoms with van der Waals surface area (Å²) in [6, 6.07) is 5.21. The van der Waals surface area contributed by atoms with E-state index in [0.29, 0.717) is 44.0 Å². The number of alkyl carbamates (subject to hydrolysis) is 1. The van der Waals surface area contributed by atoms with Gasteiger partial charge in [0.2, 0.25) is 5.91 Å². The predicted octanol–water partition coefficient (Wildman–Crippen LogP) is 6.09. The minimum absolute atomic E-state index is 0.0314. The first-order valence-corrected chi connectivity index (χ1v) is 16.6. The molecule has 0 fully saturated rings. The van der Waals surface area contributed by atoms with Crippen LogP contribution in [0, 0.1) is 29.1 Å². The van der Waals surface area contributed by atoms with Crippen molar-refractivity contribution in [3.63, 3.8) is 0 Å². The van der Waals surface area contributed by atoms with Crippen LogP contribution in [0.3, 0.4) is 0 Å². The number of methoxy groups -OCH3 is 2. The standard InChI is InChI=1S/C36H62N2O8/c1-23(2)26(19-25-13-14-31(44-11)32(20-25)45-18-12-17-43-10)21-28(38-34(42)46-35(5,6)7)30(40)22-27(24(3)4)29(39)15-16-36(8,9)33(37)41/h13-14,20,23-24,26-28,30,40H,12,15-19,21-22H2,1-11H3,(H2,37,41)(H,38,42)/t26-,27-,28-,30-/m0/s1. The molecule has 1 aromatic rings. The number of ketones is 1. The number of carbonyl (C=O) groups is 3. The van der Waals surface area contributed by atoms with E-state index in [9.17, 15) is 19.5 Å². The number of primary amides is 1. The van der Waals surface area contributed by atoms with Gasteiger partial charge < -0.3 is 35.1 Å². The quantitative estimate of drug-likeness (QED) is 0.136. The van der Waals surface area contributed by atoms with Crippen molar-refractivity contribution in [1.82, 2.24) is 5.32 Å². The van der Waals surface area contributed by atoms with Crippen LogP contribution >= 0.6 is 0 Å². The second kappa shape index (κ2) is 19.1. The second-order valence-electron chi connectivity index (χ2n) is 14.7. The van der Waals surface area contributed by atoms with E-state index in [1.54, 1.807) is 48.8 Å². The van der Waals surface area contributed by atoms with Crippen LogP contribution in [0.2, 0.25) is 0 Å². The van der Waals surface area contributed by atoms with Crippen LogP contribution in [-0.2, 0) is 25.5 Å². The molecule has 2 amide bonds. The van der Waals surface area contributed by atoms with Gasteiger partial charge in [-0.15, -0.1) is 0 Å². The summed E-state index contributed by atoms with van der Waals surface area (Å²) in [5, 5.41) is 14.6. The minimum Gasteiger partial charge on any atom is -0.493 e. The van der Waals surface area contributed by atoms with Crippen molar-refractivity contribution in [2.75, 3.05) is 27.4 Å². The lowest BCUT2D eigenvalue weighted by atomic mass is 9.78. The number of aliphatic hydroxyl groups excluding tert-OH is 1. The third kappa shape index (κ3) is 14.7. The average Bonchev–Trinajstić information content (AvgIpc) is 2.94. The van der Waals surface area contributed by atoms with Crippen LogP contribution in [-0.4, -0.2) is 68.1 Å². The molecule has 10 heteroatoms. The van der Waals surface area contributed by atoms with Crippen molar-refractivity contribution in [3.05, 3.63) is 23.8 Å². The van der Waals surface area contributed by atoms with Gasteiger partial charge >= 0.3 is 6.09 Å².